The highest BCUT2D eigenvalue weighted by Gasteiger charge is 2.40. The molecule has 0 radical (unpaired) electrons. The van der Waals surface area contributed by atoms with Crippen molar-refractivity contribution in [2.75, 3.05) is 33.4 Å². The molecule has 1 fully saturated rings. The first-order valence-corrected chi connectivity index (χ1v) is 10.3. The van der Waals surface area contributed by atoms with Crippen molar-refractivity contribution < 1.29 is 54.5 Å². The molecule has 0 aliphatic carbocycles. The van der Waals surface area contributed by atoms with Gasteiger partial charge in [0.25, 0.3) is 5.91 Å². The van der Waals surface area contributed by atoms with E-state index in [-0.39, 0.29) is 15.8 Å². The fraction of sp³-hybridized carbons (Fsp3) is 0.500. The lowest BCUT2D eigenvalue weighted by Gasteiger charge is -2.17. The summed E-state index contributed by atoms with van der Waals surface area (Å²) in [7, 11) is 1.28. The Morgan fingerprint density at radius 1 is 1.21 bits per heavy atom. The zero-order valence-electron chi connectivity index (χ0n) is 17.1. The molecular formula is C18H16F7N3O5S. The molecule has 2 amide bonds. The number of hydrogen-bond acceptors (Lipinski definition) is 7. The Morgan fingerprint density at radius 3 is 2.53 bits per heavy atom. The molecule has 0 bridgehead atoms. The Kier molecular flexibility index (Phi) is 7.40. The zero-order valence-corrected chi connectivity index (χ0v) is 17.9. The first kappa shape index (κ1) is 25.7. The van der Waals surface area contributed by atoms with Gasteiger partial charge in [-0.2, -0.15) is 13.2 Å². The van der Waals surface area contributed by atoms with E-state index in [9.17, 15) is 40.3 Å². The minimum atomic E-state index is -4.91. The van der Waals surface area contributed by atoms with Crippen LogP contribution < -0.4 is 10.1 Å². The second kappa shape index (κ2) is 9.77. The number of halogens is 7. The van der Waals surface area contributed by atoms with Gasteiger partial charge in [-0.3, -0.25) is 9.53 Å². The molecule has 1 N–H and O–H groups in total. The van der Waals surface area contributed by atoms with Crippen LogP contribution in [0.4, 0.5) is 35.5 Å². The van der Waals surface area contributed by atoms with Gasteiger partial charge in [-0.05, 0) is 0 Å². The fourth-order valence-corrected chi connectivity index (χ4v) is 4.10. The van der Waals surface area contributed by atoms with Crippen LogP contribution in [0.25, 0.3) is 10.2 Å². The highest BCUT2D eigenvalue weighted by atomic mass is 32.1. The van der Waals surface area contributed by atoms with Crippen molar-refractivity contribution >= 4 is 33.6 Å². The number of fused-ring (bicyclic) bond motifs is 1. The average Bonchev–Trinajstić information content (AvgIpc) is 3.32. The number of pyridine rings is 1. The lowest BCUT2D eigenvalue weighted by molar-refractivity contribution is -0.326. The smallest absolute Gasteiger partial charge is 0.469 e. The van der Waals surface area contributed by atoms with Gasteiger partial charge in [0, 0.05) is 18.5 Å². The SMILES string of the molecule is CNC(=O)c1csc2c(C(F)(F)F)cc(O[C@@H]3CN(C(=O)OCCOC(F)(F)F)C[C@H]3F)nc12. The molecule has 0 spiro atoms. The summed E-state index contributed by atoms with van der Waals surface area (Å²) in [5.41, 5.74) is -1.56. The molecule has 1 aliphatic rings. The molecule has 34 heavy (non-hydrogen) atoms. The van der Waals surface area contributed by atoms with Gasteiger partial charge in [0.05, 0.1) is 41.0 Å². The van der Waals surface area contributed by atoms with E-state index < -0.39 is 74.6 Å². The predicted octanol–water partition coefficient (Wildman–Crippen LogP) is 3.75. The maximum Gasteiger partial charge on any atom is 0.522 e. The van der Waals surface area contributed by atoms with Gasteiger partial charge in [-0.25, -0.2) is 14.2 Å². The topological polar surface area (TPSA) is 90.0 Å². The molecule has 16 heteroatoms. The lowest BCUT2D eigenvalue weighted by Crippen LogP contribution is -2.32. The number of carbonyl (C=O) groups is 2. The monoisotopic (exact) mass is 519 g/mol. The molecule has 1 aliphatic heterocycles. The van der Waals surface area contributed by atoms with E-state index in [4.69, 9.17) is 4.74 Å². The van der Waals surface area contributed by atoms with Crippen molar-refractivity contribution in [2.45, 2.75) is 24.8 Å². The normalized spacial score (nSPS) is 18.9. The number of nitrogens with zero attached hydrogens (tertiary/aromatic N) is 2. The molecule has 0 aromatic carbocycles. The summed E-state index contributed by atoms with van der Waals surface area (Å²) in [5, 5.41) is 3.48. The van der Waals surface area contributed by atoms with Crippen LogP contribution in [-0.4, -0.2) is 73.9 Å². The Balaban J connectivity index is 1.74. The van der Waals surface area contributed by atoms with E-state index in [1.165, 1.54) is 12.4 Å². The molecule has 2 aromatic rings. The third-order valence-corrected chi connectivity index (χ3v) is 5.58. The molecule has 188 valence electrons. The first-order chi connectivity index (χ1) is 15.8. The maximum absolute atomic E-state index is 14.4. The summed E-state index contributed by atoms with van der Waals surface area (Å²) in [6, 6.07) is 0.564. The van der Waals surface area contributed by atoms with Crippen molar-refractivity contribution in [2.24, 2.45) is 0 Å². The van der Waals surface area contributed by atoms with Gasteiger partial charge in [-0.1, -0.05) is 0 Å². The zero-order chi connectivity index (χ0) is 25.3. The van der Waals surface area contributed by atoms with Crippen LogP contribution in [-0.2, 0) is 15.7 Å². The van der Waals surface area contributed by atoms with Crippen LogP contribution in [0.5, 0.6) is 5.88 Å². The number of nitrogens with one attached hydrogen (secondary N) is 1. The van der Waals surface area contributed by atoms with Gasteiger partial charge < -0.3 is 19.7 Å². The van der Waals surface area contributed by atoms with E-state index in [0.717, 1.165) is 4.90 Å². The molecular weight excluding hydrogens is 503 g/mol. The number of alkyl halides is 7. The summed E-state index contributed by atoms with van der Waals surface area (Å²) in [6.07, 6.45) is -14.2. The first-order valence-electron chi connectivity index (χ1n) is 9.44. The summed E-state index contributed by atoms with van der Waals surface area (Å²) in [6.45, 7) is -2.77. The molecule has 3 rings (SSSR count). The van der Waals surface area contributed by atoms with Gasteiger partial charge in [-0.15, -0.1) is 24.5 Å². The molecule has 8 nitrogen and oxygen atoms in total. The van der Waals surface area contributed by atoms with Crippen LogP contribution in [0.1, 0.15) is 15.9 Å². The van der Waals surface area contributed by atoms with Crippen molar-refractivity contribution in [3.63, 3.8) is 0 Å². The maximum atomic E-state index is 14.4. The summed E-state index contributed by atoms with van der Waals surface area (Å²) in [4.78, 5) is 28.6. The van der Waals surface area contributed by atoms with E-state index >= 15 is 0 Å². The van der Waals surface area contributed by atoms with Crippen molar-refractivity contribution in [3.8, 4) is 5.88 Å². The molecule has 0 saturated carbocycles. The number of rotatable bonds is 6. The van der Waals surface area contributed by atoms with Crippen LogP contribution in [0.2, 0.25) is 0 Å². The van der Waals surface area contributed by atoms with E-state index in [2.05, 4.69) is 19.8 Å². The fourth-order valence-electron chi connectivity index (χ4n) is 3.08. The van der Waals surface area contributed by atoms with Gasteiger partial charge >= 0.3 is 18.6 Å². The number of amides is 2. The number of thiophene rings is 1. The van der Waals surface area contributed by atoms with E-state index in [1.807, 2.05) is 0 Å². The standard InChI is InChI=1S/C18H16F7N3O5S/c1-26-15(29)8-7-34-14-9(17(20,21)22)4-12(27-13(8)14)33-11-6-28(5-10(11)19)16(30)31-2-3-32-18(23,24)25/h4,7,10-11H,2-3,5-6H2,1H3,(H,26,29)/t10-,11-/m1/s1. The third kappa shape index (κ3) is 5.97. The Hall–Kier alpha value is -2.88. The lowest BCUT2D eigenvalue weighted by atomic mass is 10.2. The van der Waals surface area contributed by atoms with Gasteiger partial charge in [0.15, 0.2) is 12.3 Å². The van der Waals surface area contributed by atoms with Crippen LogP contribution in [0.3, 0.4) is 0 Å². The van der Waals surface area contributed by atoms with Crippen molar-refractivity contribution in [1.82, 2.24) is 15.2 Å². The molecule has 2 aromatic heterocycles. The van der Waals surface area contributed by atoms with Gasteiger partial charge in [0.2, 0.25) is 5.88 Å². The molecule has 3 heterocycles. The second-order valence-electron chi connectivity index (χ2n) is 6.90. The predicted molar refractivity (Wildman–Crippen MR) is 102 cm³/mol. The Morgan fingerprint density at radius 2 is 1.91 bits per heavy atom. The van der Waals surface area contributed by atoms with Crippen LogP contribution in [0.15, 0.2) is 11.4 Å². The number of carbonyl (C=O) groups excluding carboxylic acids is 2. The summed E-state index contributed by atoms with van der Waals surface area (Å²) in [5.74, 6) is -1.30. The Labute approximate surface area is 190 Å². The highest BCUT2D eigenvalue weighted by Crippen LogP contribution is 2.40. The molecule has 2 atom stereocenters. The number of aromatic nitrogens is 1. The minimum absolute atomic E-state index is 0.132. The van der Waals surface area contributed by atoms with Crippen molar-refractivity contribution in [3.05, 3.63) is 22.6 Å². The molecule has 0 unspecified atom stereocenters. The average molecular weight is 519 g/mol. The van der Waals surface area contributed by atoms with E-state index in [1.54, 1.807) is 0 Å². The Bertz CT molecular complexity index is 1060. The highest BCUT2D eigenvalue weighted by molar-refractivity contribution is 7.17. The van der Waals surface area contributed by atoms with Crippen LogP contribution in [0, 0.1) is 0 Å². The molecule has 1 saturated heterocycles. The number of ether oxygens (including phenoxy) is 3. The minimum Gasteiger partial charge on any atom is -0.469 e. The number of likely N-dealkylation sites (tertiary alicyclic amines) is 1. The third-order valence-electron chi connectivity index (χ3n) is 4.58. The second-order valence-corrected chi connectivity index (χ2v) is 7.78. The van der Waals surface area contributed by atoms with E-state index in [0.29, 0.717) is 17.4 Å². The quantitative estimate of drug-likeness (QED) is 0.462. The van der Waals surface area contributed by atoms with Gasteiger partial charge in [0.1, 0.15) is 6.61 Å². The summed E-state index contributed by atoms with van der Waals surface area (Å²) >= 11 is 0.655. The largest absolute Gasteiger partial charge is 0.522 e. The number of hydrogen-bond donors (Lipinski definition) is 1. The van der Waals surface area contributed by atoms with Crippen LogP contribution >= 0.6 is 11.3 Å². The summed E-state index contributed by atoms with van der Waals surface area (Å²) < 4.78 is 104. The van der Waals surface area contributed by atoms with Crippen molar-refractivity contribution in [1.29, 1.82) is 0 Å².